The number of ether oxygens (including phenoxy) is 1. The van der Waals surface area contributed by atoms with Crippen molar-refractivity contribution in [1.82, 2.24) is 20.4 Å². The Morgan fingerprint density at radius 2 is 2.11 bits per heavy atom. The normalized spacial score (nSPS) is 13.1. The van der Waals surface area contributed by atoms with Crippen molar-refractivity contribution in [2.24, 2.45) is 4.99 Å². The third kappa shape index (κ3) is 6.77. The van der Waals surface area contributed by atoms with Gasteiger partial charge in [0.2, 0.25) is 0 Å². The predicted octanol–water partition coefficient (Wildman–Crippen LogP) is 2.83. The zero-order valence-electron chi connectivity index (χ0n) is 16.7. The van der Waals surface area contributed by atoms with Crippen molar-refractivity contribution < 1.29 is 9.53 Å². The summed E-state index contributed by atoms with van der Waals surface area (Å²) in [5, 5.41) is 10.7. The van der Waals surface area contributed by atoms with Gasteiger partial charge < -0.3 is 15.4 Å². The van der Waals surface area contributed by atoms with E-state index < -0.39 is 5.60 Å². The fourth-order valence-corrected chi connectivity index (χ4v) is 2.48. The van der Waals surface area contributed by atoms with E-state index in [1.807, 2.05) is 69.8 Å². The molecule has 2 rings (SSSR count). The second kappa shape index (κ2) is 9.21. The summed E-state index contributed by atoms with van der Waals surface area (Å²) in [6, 6.07) is 10.0. The van der Waals surface area contributed by atoms with Gasteiger partial charge in [-0.15, -0.1) is 0 Å². The maximum Gasteiger partial charge on any atom is 0.328 e. The number of hydrogen-bond acceptors (Lipinski definition) is 4. The lowest BCUT2D eigenvalue weighted by molar-refractivity contribution is -0.152. The van der Waals surface area contributed by atoms with Crippen molar-refractivity contribution in [3.8, 4) is 5.69 Å². The quantitative estimate of drug-likeness (QED) is 0.464. The highest BCUT2D eigenvalue weighted by Gasteiger charge is 2.16. The minimum absolute atomic E-state index is 0.00283. The monoisotopic (exact) mass is 371 g/mol. The molecule has 0 amide bonds. The molecule has 0 aliphatic carbocycles. The Morgan fingerprint density at radius 1 is 1.33 bits per heavy atom. The number of esters is 1. The van der Waals surface area contributed by atoms with Crippen LogP contribution in [0.15, 0.2) is 47.7 Å². The number of aliphatic imine (C=N–C) groups is 1. The lowest BCUT2D eigenvalue weighted by Crippen LogP contribution is -2.39. The summed E-state index contributed by atoms with van der Waals surface area (Å²) in [6.45, 7) is 10.2. The molecule has 2 aromatic rings. The molecule has 7 heteroatoms. The summed E-state index contributed by atoms with van der Waals surface area (Å²) in [7, 11) is 0. The van der Waals surface area contributed by atoms with Gasteiger partial charge in [0, 0.05) is 18.9 Å². The van der Waals surface area contributed by atoms with Crippen LogP contribution in [0.5, 0.6) is 0 Å². The second-order valence-corrected chi connectivity index (χ2v) is 7.19. The Morgan fingerprint density at radius 3 is 2.74 bits per heavy atom. The molecule has 1 atom stereocenters. The molecule has 0 aliphatic rings. The highest BCUT2D eigenvalue weighted by atomic mass is 16.6. The molecule has 2 N–H and O–H groups in total. The number of benzene rings is 1. The molecule has 1 aromatic carbocycles. The van der Waals surface area contributed by atoms with Crippen LogP contribution in [-0.2, 0) is 9.53 Å². The van der Waals surface area contributed by atoms with Gasteiger partial charge in [-0.25, -0.2) is 9.67 Å². The number of carbonyl (C=O) groups is 1. The molecule has 0 radical (unpaired) electrons. The van der Waals surface area contributed by atoms with E-state index in [0.717, 1.165) is 11.3 Å². The van der Waals surface area contributed by atoms with Gasteiger partial charge in [0.25, 0.3) is 0 Å². The van der Waals surface area contributed by atoms with E-state index in [9.17, 15) is 4.79 Å². The number of hydrogen-bond donors (Lipinski definition) is 2. The zero-order chi connectivity index (χ0) is 19.9. The van der Waals surface area contributed by atoms with Crippen molar-refractivity contribution in [2.45, 2.75) is 46.3 Å². The van der Waals surface area contributed by atoms with Crippen LogP contribution in [-0.4, -0.2) is 40.4 Å². The van der Waals surface area contributed by atoms with Gasteiger partial charge in [-0.1, -0.05) is 12.1 Å². The summed E-state index contributed by atoms with van der Waals surface area (Å²) < 4.78 is 7.12. The van der Waals surface area contributed by atoms with Crippen LogP contribution in [0.1, 0.15) is 46.2 Å². The Bertz CT molecular complexity index is 763. The molecule has 0 bridgehead atoms. The number of carbonyl (C=O) groups excluding carboxylic acids is 1. The standard InChI is InChI=1S/C20H29N5O2/c1-6-21-19(22-14-18(26)27-20(3,4)5)24-15(2)16-9-7-10-17(13-16)25-12-8-11-23-25/h7-13,15H,6,14H2,1-5H3,(H2,21,22,24). The number of nitrogens with one attached hydrogen (secondary N) is 2. The van der Waals surface area contributed by atoms with E-state index in [1.54, 1.807) is 6.20 Å². The molecule has 146 valence electrons. The molecule has 1 heterocycles. The molecule has 27 heavy (non-hydrogen) atoms. The van der Waals surface area contributed by atoms with E-state index in [1.165, 1.54) is 0 Å². The first-order valence-corrected chi connectivity index (χ1v) is 9.15. The second-order valence-electron chi connectivity index (χ2n) is 7.19. The fourth-order valence-electron chi connectivity index (χ4n) is 2.48. The van der Waals surface area contributed by atoms with Crippen LogP contribution in [0.4, 0.5) is 0 Å². The van der Waals surface area contributed by atoms with Crippen molar-refractivity contribution in [3.05, 3.63) is 48.3 Å². The van der Waals surface area contributed by atoms with Crippen LogP contribution < -0.4 is 10.6 Å². The smallest absolute Gasteiger partial charge is 0.328 e. The maximum absolute atomic E-state index is 11.9. The molecule has 7 nitrogen and oxygen atoms in total. The minimum Gasteiger partial charge on any atom is -0.459 e. The summed E-state index contributed by atoms with van der Waals surface area (Å²) >= 11 is 0. The van der Waals surface area contributed by atoms with Crippen LogP contribution in [0.3, 0.4) is 0 Å². The molecular formula is C20H29N5O2. The number of aromatic nitrogens is 2. The molecule has 1 unspecified atom stereocenters. The van der Waals surface area contributed by atoms with Gasteiger partial charge in [-0.2, -0.15) is 5.10 Å². The Balaban J connectivity index is 2.06. The molecule has 0 spiro atoms. The minimum atomic E-state index is -0.515. The lowest BCUT2D eigenvalue weighted by Gasteiger charge is -2.20. The molecule has 0 aliphatic heterocycles. The van der Waals surface area contributed by atoms with E-state index in [0.29, 0.717) is 12.5 Å². The van der Waals surface area contributed by atoms with Gasteiger partial charge in [0.15, 0.2) is 5.96 Å². The largest absolute Gasteiger partial charge is 0.459 e. The lowest BCUT2D eigenvalue weighted by atomic mass is 10.1. The van der Waals surface area contributed by atoms with Gasteiger partial charge in [0.05, 0.1) is 11.7 Å². The SMILES string of the molecule is CCNC(=NCC(=O)OC(C)(C)C)NC(C)c1cccc(-n2cccn2)c1. The van der Waals surface area contributed by atoms with Crippen LogP contribution in [0.25, 0.3) is 5.69 Å². The fraction of sp³-hybridized carbons (Fsp3) is 0.450. The Hall–Kier alpha value is -2.83. The Labute approximate surface area is 160 Å². The predicted molar refractivity (Wildman–Crippen MR) is 107 cm³/mol. The Kier molecular flexibility index (Phi) is 6.98. The third-order valence-corrected chi connectivity index (χ3v) is 3.62. The van der Waals surface area contributed by atoms with Crippen molar-refractivity contribution in [3.63, 3.8) is 0 Å². The van der Waals surface area contributed by atoms with Crippen molar-refractivity contribution in [1.29, 1.82) is 0 Å². The maximum atomic E-state index is 11.9. The number of rotatable bonds is 6. The van der Waals surface area contributed by atoms with Gasteiger partial charge >= 0.3 is 5.97 Å². The molecule has 0 saturated carbocycles. The summed E-state index contributed by atoms with van der Waals surface area (Å²) in [5.41, 5.74) is 1.56. The molecule has 0 saturated heterocycles. The number of guanidine groups is 1. The average molecular weight is 371 g/mol. The molecular weight excluding hydrogens is 342 g/mol. The topological polar surface area (TPSA) is 80.5 Å². The third-order valence-electron chi connectivity index (χ3n) is 3.62. The van der Waals surface area contributed by atoms with E-state index in [2.05, 4.69) is 26.8 Å². The molecule has 1 aromatic heterocycles. The van der Waals surface area contributed by atoms with Crippen LogP contribution in [0, 0.1) is 0 Å². The summed E-state index contributed by atoms with van der Waals surface area (Å²) in [4.78, 5) is 16.2. The first-order valence-electron chi connectivity index (χ1n) is 9.15. The van der Waals surface area contributed by atoms with Crippen LogP contribution >= 0.6 is 0 Å². The first kappa shape index (κ1) is 20.5. The molecule has 0 fully saturated rings. The van der Waals surface area contributed by atoms with Crippen LogP contribution in [0.2, 0.25) is 0 Å². The van der Waals surface area contributed by atoms with Gasteiger partial charge in [-0.3, -0.25) is 4.79 Å². The van der Waals surface area contributed by atoms with E-state index >= 15 is 0 Å². The highest BCUT2D eigenvalue weighted by molar-refractivity contribution is 5.83. The van der Waals surface area contributed by atoms with Gasteiger partial charge in [-0.05, 0) is 58.4 Å². The van der Waals surface area contributed by atoms with E-state index in [4.69, 9.17) is 4.74 Å². The van der Waals surface area contributed by atoms with E-state index in [-0.39, 0.29) is 18.6 Å². The van der Waals surface area contributed by atoms with Crippen molar-refractivity contribution in [2.75, 3.05) is 13.1 Å². The first-order chi connectivity index (χ1) is 12.8. The average Bonchev–Trinajstić information content (AvgIpc) is 3.13. The zero-order valence-corrected chi connectivity index (χ0v) is 16.7. The highest BCUT2D eigenvalue weighted by Crippen LogP contribution is 2.16. The van der Waals surface area contributed by atoms with Gasteiger partial charge in [0.1, 0.15) is 12.1 Å². The van der Waals surface area contributed by atoms with Crippen molar-refractivity contribution >= 4 is 11.9 Å². The summed E-state index contributed by atoms with van der Waals surface area (Å²) in [6.07, 6.45) is 3.66. The number of nitrogens with zero attached hydrogens (tertiary/aromatic N) is 3. The summed E-state index contributed by atoms with van der Waals surface area (Å²) in [5.74, 6) is 0.216.